The second-order valence-electron chi connectivity index (χ2n) is 5.40. The van der Waals surface area contributed by atoms with E-state index in [1.807, 2.05) is 24.3 Å². The molecule has 4 nitrogen and oxygen atoms in total. The highest BCUT2D eigenvalue weighted by molar-refractivity contribution is 6.30. The molecule has 2 saturated heterocycles. The van der Waals surface area contributed by atoms with Crippen molar-refractivity contribution in [1.29, 1.82) is 0 Å². The van der Waals surface area contributed by atoms with Crippen LogP contribution in [0.15, 0.2) is 24.3 Å². The zero-order valence-electron chi connectivity index (χ0n) is 10.9. The lowest BCUT2D eigenvalue weighted by molar-refractivity contribution is -0.182. The summed E-state index contributed by atoms with van der Waals surface area (Å²) in [6.07, 6.45) is 0. The lowest BCUT2D eigenvalue weighted by Crippen LogP contribution is -2.49. The Kier molecular flexibility index (Phi) is 3.43. The number of rotatable bonds is 4. The van der Waals surface area contributed by atoms with Gasteiger partial charge in [0.05, 0.1) is 19.8 Å². The molecule has 0 unspecified atom stereocenters. The van der Waals surface area contributed by atoms with Crippen LogP contribution in [0.2, 0.25) is 5.02 Å². The third-order valence-corrected chi connectivity index (χ3v) is 4.14. The van der Waals surface area contributed by atoms with Crippen LogP contribution in [0.1, 0.15) is 6.92 Å². The number of benzene rings is 1. The van der Waals surface area contributed by atoms with E-state index in [1.165, 1.54) is 0 Å². The molecule has 0 amide bonds. The van der Waals surface area contributed by atoms with Crippen molar-refractivity contribution >= 4 is 11.6 Å². The first-order valence-corrected chi connectivity index (χ1v) is 6.69. The number of halogens is 1. The van der Waals surface area contributed by atoms with Gasteiger partial charge in [0.2, 0.25) is 0 Å². The Bertz CT molecular complexity index is 435. The van der Waals surface area contributed by atoms with E-state index in [-0.39, 0.29) is 11.0 Å². The van der Waals surface area contributed by atoms with Gasteiger partial charge < -0.3 is 18.9 Å². The second-order valence-corrected chi connectivity index (χ2v) is 5.84. The minimum absolute atomic E-state index is 0.155. The molecule has 1 aromatic carbocycles. The molecule has 1 aromatic rings. The summed E-state index contributed by atoms with van der Waals surface area (Å²) in [5.74, 6) is 0.792. The van der Waals surface area contributed by atoms with Crippen molar-refractivity contribution in [2.75, 3.05) is 33.2 Å². The first kappa shape index (κ1) is 13.2. The Morgan fingerprint density at radius 3 is 2.37 bits per heavy atom. The maximum Gasteiger partial charge on any atom is 0.146 e. The van der Waals surface area contributed by atoms with E-state index in [0.29, 0.717) is 38.2 Å². The van der Waals surface area contributed by atoms with Crippen molar-refractivity contribution in [1.82, 2.24) is 0 Å². The molecule has 2 aliphatic heterocycles. The van der Waals surface area contributed by atoms with Gasteiger partial charge in [-0.2, -0.15) is 0 Å². The molecule has 0 bridgehead atoms. The SMILES string of the molecule is CC1([C@@]2(COc3ccc(Cl)cc3)CO2)COCOC1. The topological polar surface area (TPSA) is 40.2 Å². The summed E-state index contributed by atoms with van der Waals surface area (Å²) in [7, 11) is 0. The molecule has 2 heterocycles. The Morgan fingerprint density at radius 1 is 1.16 bits per heavy atom. The van der Waals surface area contributed by atoms with Gasteiger partial charge in [-0.05, 0) is 24.3 Å². The van der Waals surface area contributed by atoms with Crippen molar-refractivity contribution in [2.45, 2.75) is 12.5 Å². The molecule has 19 heavy (non-hydrogen) atoms. The van der Waals surface area contributed by atoms with Gasteiger partial charge in [-0.15, -0.1) is 0 Å². The lowest BCUT2D eigenvalue weighted by atomic mass is 9.78. The summed E-state index contributed by atoms with van der Waals surface area (Å²) in [6, 6.07) is 7.33. The predicted octanol–water partition coefficient (Wildman–Crippen LogP) is 2.50. The molecule has 0 radical (unpaired) electrons. The molecule has 0 saturated carbocycles. The summed E-state index contributed by atoms with van der Waals surface area (Å²) in [6.45, 7) is 4.93. The van der Waals surface area contributed by atoms with Gasteiger partial charge in [0, 0.05) is 10.4 Å². The van der Waals surface area contributed by atoms with E-state index >= 15 is 0 Å². The highest BCUT2D eigenvalue weighted by Gasteiger charge is 2.61. The van der Waals surface area contributed by atoms with Crippen LogP contribution >= 0.6 is 11.6 Å². The van der Waals surface area contributed by atoms with E-state index in [4.69, 9.17) is 30.5 Å². The maximum absolute atomic E-state index is 5.84. The molecule has 0 aromatic heterocycles. The minimum atomic E-state index is -0.299. The van der Waals surface area contributed by atoms with Crippen molar-refractivity contribution in [3.63, 3.8) is 0 Å². The quantitative estimate of drug-likeness (QED) is 0.797. The Labute approximate surface area is 117 Å². The standard InChI is InChI=1S/C14H17ClO4/c1-13(6-16-10-17-7-13)14(9-19-14)8-18-12-4-2-11(15)3-5-12/h2-5H,6-10H2,1H3/t14-/m1/s1. The summed E-state index contributed by atoms with van der Waals surface area (Å²) in [5.41, 5.74) is -0.454. The van der Waals surface area contributed by atoms with Crippen LogP contribution in [0, 0.1) is 5.41 Å². The van der Waals surface area contributed by atoms with Crippen LogP contribution in [-0.2, 0) is 14.2 Å². The van der Waals surface area contributed by atoms with Crippen molar-refractivity contribution in [3.8, 4) is 5.75 Å². The molecule has 3 rings (SSSR count). The van der Waals surface area contributed by atoms with Crippen LogP contribution < -0.4 is 4.74 Å². The van der Waals surface area contributed by atoms with Crippen molar-refractivity contribution < 1.29 is 18.9 Å². The Balaban J connectivity index is 1.64. The first-order valence-electron chi connectivity index (χ1n) is 6.31. The number of ether oxygens (including phenoxy) is 4. The van der Waals surface area contributed by atoms with Gasteiger partial charge in [0.15, 0.2) is 0 Å². The molecule has 104 valence electrons. The summed E-state index contributed by atoms with van der Waals surface area (Å²) in [5, 5.41) is 0.700. The van der Waals surface area contributed by atoms with E-state index in [1.54, 1.807) is 0 Å². The van der Waals surface area contributed by atoms with E-state index in [2.05, 4.69) is 6.92 Å². The van der Waals surface area contributed by atoms with Gasteiger partial charge in [-0.1, -0.05) is 18.5 Å². The Hall–Kier alpha value is -0.810. The van der Waals surface area contributed by atoms with Crippen molar-refractivity contribution in [2.24, 2.45) is 5.41 Å². The molecule has 0 N–H and O–H groups in total. The van der Waals surface area contributed by atoms with Crippen LogP contribution in [0.5, 0.6) is 5.75 Å². The fraction of sp³-hybridized carbons (Fsp3) is 0.571. The molecular weight excluding hydrogens is 268 g/mol. The minimum Gasteiger partial charge on any atom is -0.490 e. The maximum atomic E-state index is 5.84. The molecular formula is C14H17ClO4. The summed E-state index contributed by atoms with van der Waals surface area (Å²) >= 11 is 5.84. The van der Waals surface area contributed by atoms with Crippen LogP contribution in [-0.4, -0.2) is 38.8 Å². The number of hydrogen-bond donors (Lipinski definition) is 0. The smallest absolute Gasteiger partial charge is 0.146 e. The molecule has 0 spiro atoms. The van der Waals surface area contributed by atoms with Gasteiger partial charge in [0.1, 0.15) is 24.8 Å². The number of hydrogen-bond acceptors (Lipinski definition) is 4. The molecule has 5 heteroatoms. The van der Waals surface area contributed by atoms with Crippen LogP contribution in [0.3, 0.4) is 0 Å². The fourth-order valence-electron chi connectivity index (χ4n) is 2.32. The Morgan fingerprint density at radius 2 is 1.79 bits per heavy atom. The van der Waals surface area contributed by atoms with E-state index in [9.17, 15) is 0 Å². The highest BCUT2D eigenvalue weighted by Crippen LogP contribution is 2.46. The number of epoxide rings is 1. The van der Waals surface area contributed by atoms with Crippen molar-refractivity contribution in [3.05, 3.63) is 29.3 Å². The van der Waals surface area contributed by atoms with E-state index < -0.39 is 0 Å². The van der Waals surface area contributed by atoms with Crippen LogP contribution in [0.4, 0.5) is 0 Å². The van der Waals surface area contributed by atoms with Gasteiger partial charge >= 0.3 is 0 Å². The third-order valence-electron chi connectivity index (χ3n) is 3.89. The zero-order valence-corrected chi connectivity index (χ0v) is 11.6. The largest absolute Gasteiger partial charge is 0.490 e. The van der Waals surface area contributed by atoms with Gasteiger partial charge in [-0.3, -0.25) is 0 Å². The highest BCUT2D eigenvalue weighted by atomic mass is 35.5. The molecule has 2 fully saturated rings. The monoisotopic (exact) mass is 284 g/mol. The zero-order chi connectivity index (χ0) is 13.3. The van der Waals surface area contributed by atoms with E-state index in [0.717, 1.165) is 5.75 Å². The normalized spacial score (nSPS) is 28.9. The van der Waals surface area contributed by atoms with Crippen LogP contribution in [0.25, 0.3) is 0 Å². The average Bonchev–Trinajstić information content (AvgIpc) is 3.21. The van der Waals surface area contributed by atoms with Gasteiger partial charge in [-0.25, -0.2) is 0 Å². The second kappa shape index (κ2) is 4.94. The summed E-state index contributed by atoms with van der Waals surface area (Å²) < 4.78 is 22.3. The lowest BCUT2D eigenvalue weighted by Gasteiger charge is -2.37. The first-order chi connectivity index (χ1) is 9.14. The molecule has 1 atom stereocenters. The molecule has 2 aliphatic rings. The van der Waals surface area contributed by atoms with Gasteiger partial charge in [0.25, 0.3) is 0 Å². The third kappa shape index (κ3) is 2.58. The molecule has 0 aliphatic carbocycles. The fourth-order valence-corrected chi connectivity index (χ4v) is 2.45. The average molecular weight is 285 g/mol. The summed E-state index contributed by atoms with van der Waals surface area (Å²) in [4.78, 5) is 0. The predicted molar refractivity (Wildman–Crippen MR) is 70.5 cm³/mol.